The van der Waals surface area contributed by atoms with E-state index in [1.807, 2.05) is 17.0 Å². The van der Waals surface area contributed by atoms with Gasteiger partial charge in [-0.3, -0.25) is 9.59 Å². The normalized spacial score (nSPS) is 20.6. The average molecular weight is 343 g/mol. The second-order valence-corrected chi connectivity index (χ2v) is 7.91. The molecule has 3 rings (SSSR count). The molecule has 1 saturated heterocycles. The quantitative estimate of drug-likeness (QED) is 0.824. The first-order valence-electron chi connectivity index (χ1n) is 9.55. The third-order valence-corrected chi connectivity index (χ3v) is 5.05. The Hall–Kier alpha value is -1.91. The number of piperidine rings is 1. The van der Waals surface area contributed by atoms with Crippen molar-refractivity contribution in [2.75, 3.05) is 25.0 Å². The van der Waals surface area contributed by atoms with Crippen LogP contribution in [0.15, 0.2) is 18.3 Å². The van der Waals surface area contributed by atoms with E-state index in [2.05, 4.69) is 24.1 Å². The molecule has 1 aliphatic carbocycles. The van der Waals surface area contributed by atoms with Crippen LogP contribution in [0.1, 0.15) is 56.3 Å². The van der Waals surface area contributed by atoms with Gasteiger partial charge in [0.05, 0.1) is 5.56 Å². The van der Waals surface area contributed by atoms with Crippen LogP contribution >= 0.6 is 0 Å². The number of carbonyl (C=O) groups excluding carboxylic acids is 2. The monoisotopic (exact) mass is 343 g/mol. The smallest absolute Gasteiger partial charge is 0.255 e. The van der Waals surface area contributed by atoms with Crippen LogP contribution in [0, 0.1) is 17.8 Å². The highest BCUT2D eigenvalue weighted by atomic mass is 16.2. The van der Waals surface area contributed by atoms with Gasteiger partial charge < -0.3 is 10.2 Å². The number of Topliss-reactive ketones (excluding diaryl/α,β-unsaturated/α-hetero) is 1. The molecule has 1 amide bonds. The SMILES string of the molecule is CC(C)CC(=O)[C@@H]1CCCN(C(=O)c2ccc(NCC3CC3)nc2)C1. The number of aromatic nitrogens is 1. The van der Waals surface area contributed by atoms with E-state index in [4.69, 9.17) is 0 Å². The molecule has 2 heterocycles. The molecule has 0 aromatic carbocycles. The molecular formula is C20H29N3O2. The lowest BCUT2D eigenvalue weighted by molar-refractivity contribution is -0.124. The molecule has 25 heavy (non-hydrogen) atoms. The van der Waals surface area contributed by atoms with Crippen molar-refractivity contribution in [3.05, 3.63) is 23.9 Å². The summed E-state index contributed by atoms with van der Waals surface area (Å²) in [6.45, 7) is 6.37. The maximum Gasteiger partial charge on any atom is 0.255 e. The van der Waals surface area contributed by atoms with E-state index in [9.17, 15) is 9.59 Å². The van der Waals surface area contributed by atoms with Crippen LogP contribution in [-0.4, -0.2) is 41.2 Å². The highest BCUT2D eigenvalue weighted by molar-refractivity contribution is 5.94. The second-order valence-electron chi connectivity index (χ2n) is 7.91. The van der Waals surface area contributed by atoms with Crippen LogP contribution < -0.4 is 5.32 Å². The van der Waals surface area contributed by atoms with E-state index >= 15 is 0 Å². The van der Waals surface area contributed by atoms with E-state index in [1.54, 1.807) is 6.20 Å². The van der Waals surface area contributed by atoms with Crippen LogP contribution in [-0.2, 0) is 4.79 Å². The summed E-state index contributed by atoms with van der Waals surface area (Å²) in [6, 6.07) is 3.71. The van der Waals surface area contributed by atoms with Gasteiger partial charge in [-0.25, -0.2) is 4.98 Å². The van der Waals surface area contributed by atoms with Crippen molar-refractivity contribution >= 4 is 17.5 Å². The average Bonchev–Trinajstić information content (AvgIpc) is 3.44. The Morgan fingerprint density at radius 2 is 2.08 bits per heavy atom. The number of hydrogen-bond acceptors (Lipinski definition) is 4. The molecule has 2 aliphatic rings. The molecule has 0 bridgehead atoms. The van der Waals surface area contributed by atoms with Crippen molar-refractivity contribution in [3.8, 4) is 0 Å². The number of ketones is 1. The van der Waals surface area contributed by atoms with Crippen molar-refractivity contribution < 1.29 is 9.59 Å². The largest absolute Gasteiger partial charge is 0.370 e. The minimum absolute atomic E-state index is 0.00691. The maximum atomic E-state index is 12.7. The van der Waals surface area contributed by atoms with Gasteiger partial charge in [0.2, 0.25) is 0 Å². The Morgan fingerprint density at radius 3 is 2.72 bits per heavy atom. The first-order valence-corrected chi connectivity index (χ1v) is 9.55. The number of amides is 1. The Labute approximate surface area is 150 Å². The molecule has 0 spiro atoms. The highest BCUT2D eigenvalue weighted by Gasteiger charge is 2.29. The van der Waals surface area contributed by atoms with Gasteiger partial charge in [-0.05, 0) is 49.7 Å². The lowest BCUT2D eigenvalue weighted by Gasteiger charge is -2.32. The summed E-state index contributed by atoms with van der Waals surface area (Å²) < 4.78 is 0. The third kappa shape index (κ3) is 5.03. The van der Waals surface area contributed by atoms with Crippen molar-refractivity contribution in [2.24, 2.45) is 17.8 Å². The summed E-state index contributed by atoms with van der Waals surface area (Å²) in [5, 5.41) is 3.31. The molecule has 1 atom stereocenters. The number of carbonyl (C=O) groups is 2. The Morgan fingerprint density at radius 1 is 1.28 bits per heavy atom. The van der Waals surface area contributed by atoms with Gasteiger partial charge in [0.15, 0.2) is 0 Å². The van der Waals surface area contributed by atoms with Crippen LogP contribution in [0.2, 0.25) is 0 Å². The zero-order valence-corrected chi connectivity index (χ0v) is 15.3. The van der Waals surface area contributed by atoms with E-state index in [1.165, 1.54) is 12.8 Å². The molecule has 1 aliphatic heterocycles. The number of likely N-dealkylation sites (tertiary alicyclic amines) is 1. The minimum atomic E-state index is -0.0108. The molecule has 1 N–H and O–H groups in total. The Kier molecular flexibility index (Phi) is 5.71. The number of pyridine rings is 1. The molecule has 1 aromatic heterocycles. The lowest BCUT2D eigenvalue weighted by atomic mass is 9.89. The van der Waals surface area contributed by atoms with Crippen LogP contribution in [0.4, 0.5) is 5.82 Å². The zero-order chi connectivity index (χ0) is 17.8. The number of nitrogens with zero attached hydrogens (tertiary/aromatic N) is 2. The van der Waals surface area contributed by atoms with Gasteiger partial charge in [0.25, 0.3) is 5.91 Å². The summed E-state index contributed by atoms with van der Waals surface area (Å²) >= 11 is 0. The number of hydrogen-bond donors (Lipinski definition) is 1. The van der Waals surface area contributed by atoms with Gasteiger partial charge in [-0.15, -0.1) is 0 Å². The fourth-order valence-electron chi connectivity index (χ4n) is 3.37. The van der Waals surface area contributed by atoms with Crippen LogP contribution in [0.25, 0.3) is 0 Å². The second kappa shape index (κ2) is 7.98. The first-order chi connectivity index (χ1) is 12.0. The van der Waals surface area contributed by atoms with Gasteiger partial charge in [-0.2, -0.15) is 0 Å². The van der Waals surface area contributed by atoms with Crippen molar-refractivity contribution in [3.63, 3.8) is 0 Å². The van der Waals surface area contributed by atoms with Gasteiger partial charge >= 0.3 is 0 Å². The fourth-order valence-corrected chi connectivity index (χ4v) is 3.37. The summed E-state index contributed by atoms with van der Waals surface area (Å²) in [6.07, 6.45) is 6.66. The Balaban J connectivity index is 1.56. The predicted octanol–water partition coefficient (Wildman–Crippen LogP) is 3.37. The minimum Gasteiger partial charge on any atom is -0.370 e. The lowest BCUT2D eigenvalue weighted by Crippen LogP contribution is -2.42. The summed E-state index contributed by atoms with van der Waals surface area (Å²) in [5.41, 5.74) is 0.605. The summed E-state index contributed by atoms with van der Waals surface area (Å²) in [4.78, 5) is 31.2. The van der Waals surface area contributed by atoms with Gasteiger partial charge in [0.1, 0.15) is 11.6 Å². The molecule has 0 unspecified atom stereocenters. The molecule has 0 radical (unpaired) electrons. The van der Waals surface area contributed by atoms with Gasteiger partial charge in [-0.1, -0.05) is 13.8 Å². The Bertz CT molecular complexity index is 608. The first kappa shape index (κ1) is 17.9. The number of nitrogens with one attached hydrogen (secondary N) is 1. The van der Waals surface area contributed by atoms with E-state index in [0.29, 0.717) is 30.2 Å². The molecule has 1 saturated carbocycles. The molecule has 5 heteroatoms. The summed E-state index contributed by atoms with van der Waals surface area (Å²) in [7, 11) is 0. The predicted molar refractivity (Wildman–Crippen MR) is 98.5 cm³/mol. The third-order valence-electron chi connectivity index (χ3n) is 5.05. The van der Waals surface area contributed by atoms with Crippen LogP contribution in [0.5, 0.6) is 0 Å². The zero-order valence-electron chi connectivity index (χ0n) is 15.3. The highest BCUT2D eigenvalue weighted by Crippen LogP contribution is 2.28. The van der Waals surface area contributed by atoms with Gasteiger partial charge in [0, 0.05) is 38.2 Å². The topological polar surface area (TPSA) is 62.3 Å². The van der Waals surface area contributed by atoms with Crippen LogP contribution in [0.3, 0.4) is 0 Å². The number of anilines is 1. The van der Waals surface area contributed by atoms with E-state index in [0.717, 1.165) is 37.7 Å². The molecular weight excluding hydrogens is 314 g/mol. The summed E-state index contributed by atoms with van der Waals surface area (Å²) in [5.74, 6) is 2.27. The fraction of sp³-hybridized carbons (Fsp3) is 0.650. The maximum absolute atomic E-state index is 12.7. The van der Waals surface area contributed by atoms with Crippen molar-refractivity contribution in [1.29, 1.82) is 0 Å². The van der Waals surface area contributed by atoms with E-state index in [-0.39, 0.29) is 11.8 Å². The molecule has 1 aromatic rings. The number of rotatable bonds is 7. The van der Waals surface area contributed by atoms with E-state index < -0.39 is 0 Å². The molecule has 5 nitrogen and oxygen atoms in total. The van der Waals surface area contributed by atoms with Crippen molar-refractivity contribution in [1.82, 2.24) is 9.88 Å². The standard InChI is InChI=1S/C20H29N3O2/c1-14(2)10-18(24)17-4-3-9-23(13-17)20(25)16-7-8-19(22-12-16)21-11-15-5-6-15/h7-8,12,14-15,17H,3-6,9-11,13H2,1-2H3,(H,21,22)/t17-/m1/s1. The molecule has 2 fully saturated rings. The molecule has 136 valence electrons. The van der Waals surface area contributed by atoms with Crippen molar-refractivity contribution in [2.45, 2.75) is 46.0 Å².